The highest BCUT2D eigenvalue weighted by atomic mass is 32.2. The number of hydrogen-bond donors (Lipinski definition) is 1. The molecule has 4 rings (SSSR count). The van der Waals surface area contributed by atoms with Crippen LogP contribution in [0.15, 0.2) is 84.0 Å². The van der Waals surface area contributed by atoms with Gasteiger partial charge in [0.05, 0.1) is 11.8 Å². The summed E-state index contributed by atoms with van der Waals surface area (Å²) in [6.07, 6.45) is 0.731. The van der Waals surface area contributed by atoms with E-state index in [9.17, 15) is 9.18 Å². The van der Waals surface area contributed by atoms with Gasteiger partial charge in [0.25, 0.3) is 0 Å². The standard InChI is InChI=1S/C27H28FN5OS/c1-19(32(2)3)26-30-31-27(33(26)23-15-13-22(28)14-16-23)35-18-25(34)29-24-12-8-7-11-21(24)17-20-9-5-4-6-10-20/h4-16,19H,17-18H2,1-3H3,(H,29,34)/t19-/m0/s1. The molecule has 1 amide bonds. The lowest BCUT2D eigenvalue weighted by molar-refractivity contribution is -0.113. The Morgan fingerprint density at radius 2 is 1.69 bits per heavy atom. The fourth-order valence-electron chi connectivity index (χ4n) is 3.64. The molecule has 6 nitrogen and oxygen atoms in total. The molecule has 0 aliphatic heterocycles. The fraction of sp³-hybridized carbons (Fsp3) is 0.222. The van der Waals surface area contributed by atoms with E-state index in [0.717, 1.165) is 29.2 Å². The minimum absolute atomic E-state index is 0.0272. The van der Waals surface area contributed by atoms with Crippen molar-refractivity contribution >= 4 is 23.4 Å². The zero-order chi connectivity index (χ0) is 24.8. The summed E-state index contributed by atoms with van der Waals surface area (Å²) in [6.45, 7) is 2.02. The number of nitrogens with zero attached hydrogens (tertiary/aromatic N) is 4. The number of amides is 1. The van der Waals surface area contributed by atoms with E-state index in [1.54, 1.807) is 12.1 Å². The zero-order valence-electron chi connectivity index (χ0n) is 20.0. The van der Waals surface area contributed by atoms with Crippen molar-refractivity contribution in [2.24, 2.45) is 0 Å². The van der Waals surface area contributed by atoms with Crippen molar-refractivity contribution < 1.29 is 9.18 Å². The molecule has 0 radical (unpaired) electrons. The number of benzene rings is 3. The van der Waals surface area contributed by atoms with E-state index >= 15 is 0 Å². The van der Waals surface area contributed by atoms with Crippen LogP contribution < -0.4 is 5.32 Å². The molecule has 8 heteroatoms. The Morgan fingerprint density at radius 3 is 2.40 bits per heavy atom. The summed E-state index contributed by atoms with van der Waals surface area (Å²) >= 11 is 1.30. The van der Waals surface area contributed by atoms with Crippen LogP contribution in [-0.2, 0) is 11.2 Å². The van der Waals surface area contributed by atoms with Crippen LogP contribution >= 0.6 is 11.8 Å². The number of para-hydroxylation sites is 1. The van der Waals surface area contributed by atoms with Crippen molar-refractivity contribution in [3.05, 3.63) is 102 Å². The fourth-order valence-corrected chi connectivity index (χ4v) is 4.40. The first kappa shape index (κ1) is 24.6. The number of aromatic nitrogens is 3. The van der Waals surface area contributed by atoms with Crippen molar-refractivity contribution in [2.45, 2.75) is 24.5 Å². The van der Waals surface area contributed by atoms with E-state index < -0.39 is 0 Å². The molecule has 180 valence electrons. The van der Waals surface area contributed by atoms with Crippen LogP contribution in [0.5, 0.6) is 0 Å². The Kier molecular flexibility index (Phi) is 7.94. The topological polar surface area (TPSA) is 63.1 Å². The van der Waals surface area contributed by atoms with Gasteiger partial charge in [-0.2, -0.15) is 0 Å². The number of thioether (sulfide) groups is 1. The molecule has 0 aliphatic rings. The zero-order valence-corrected chi connectivity index (χ0v) is 20.8. The first-order chi connectivity index (χ1) is 16.9. The van der Waals surface area contributed by atoms with E-state index in [0.29, 0.717) is 5.16 Å². The summed E-state index contributed by atoms with van der Waals surface area (Å²) in [5, 5.41) is 12.3. The molecule has 0 fully saturated rings. The molecule has 0 spiro atoms. The van der Waals surface area contributed by atoms with Gasteiger partial charge in [-0.25, -0.2) is 4.39 Å². The smallest absolute Gasteiger partial charge is 0.234 e. The first-order valence-corrected chi connectivity index (χ1v) is 12.3. The number of anilines is 1. The lowest BCUT2D eigenvalue weighted by Crippen LogP contribution is -2.21. The van der Waals surface area contributed by atoms with Gasteiger partial charge in [0, 0.05) is 11.4 Å². The molecule has 0 unspecified atom stereocenters. The van der Waals surface area contributed by atoms with Crippen LogP contribution in [0.4, 0.5) is 10.1 Å². The Morgan fingerprint density at radius 1 is 1.00 bits per heavy atom. The highest BCUT2D eigenvalue weighted by Gasteiger charge is 2.21. The minimum Gasteiger partial charge on any atom is -0.325 e. The van der Waals surface area contributed by atoms with Crippen LogP contribution in [0.25, 0.3) is 5.69 Å². The van der Waals surface area contributed by atoms with Crippen molar-refractivity contribution in [1.29, 1.82) is 0 Å². The highest BCUT2D eigenvalue weighted by molar-refractivity contribution is 7.99. The Hall–Kier alpha value is -3.49. The average molecular weight is 490 g/mol. The molecule has 1 heterocycles. The van der Waals surface area contributed by atoms with Crippen LogP contribution in [0, 0.1) is 5.82 Å². The van der Waals surface area contributed by atoms with E-state index in [1.165, 1.54) is 29.5 Å². The van der Waals surface area contributed by atoms with E-state index in [-0.39, 0.29) is 23.5 Å². The molecule has 0 saturated heterocycles. The second-order valence-corrected chi connectivity index (χ2v) is 9.39. The molecule has 1 atom stereocenters. The molecule has 1 N–H and O–H groups in total. The van der Waals surface area contributed by atoms with Gasteiger partial charge in [-0.05, 0) is 68.9 Å². The summed E-state index contributed by atoms with van der Waals surface area (Å²) in [5.74, 6) is 0.436. The molecule has 4 aromatic rings. The molecular weight excluding hydrogens is 461 g/mol. The van der Waals surface area contributed by atoms with E-state index in [1.807, 2.05) is 73.0 Å². The maximum atomic E-state index is 13.5. The molecular formula is C27H28FN5OS. The SMILES string of the molecule is C[C@@H](c1nnc(SCC(=O)Nc2ccccc2Cc2ccccc2)n1-c1ccc(F)cc1)N(C)C. The molecule has 35 heavy (non-hydrogen) atoms. The molecule has 0 bridgehead atoms. The summed E-state index contributed by atoms with van der Waals surface area (Å²) in [5.41, 5.74) is 3.77. The van der Waals surface area contributed by atoms with Gasteiger partial charge in [-0.3, -0.25) is 14.3 Å². The van der Waals surface area contributed by atoms with Gasteiger partial charge >= 0.3 is 0 Å². The van der Waals surface area contributed by atoms with Crippen molar-refractivity contribution in [2.75, 3.05) is 25.2 Å². The number of carbonyl (C=O) groups is 1. The molecule has 3 aromatic carbocycles. The largest absolute Gasteiger partial charge is 0.325 e. The number of halogens is 1. The first-order valence-electron chi connectivity index (χ1n) is 11.3. The lowest BCUT2D eigenvalue weighted by Gasteiger charge is -2.20. The molecule has 1 aromatic heterocycles. The van der Waals surface area contributed by atoms with E-state index in [4.69, 9.17) is 0 Å². The van der Waals surface area contributed by atoms with Crippen molar-refractivity contribution in [1.82, 2.24) is 19.7 Å². The van der Waals surface area contributed by atoms with E-state index in [2.05, 4.69) is 27.6 Å². The predicted molar refractivity (Wildman–Crippen MR) is 138 cm³/mol. The lowest BCUT2D eigenvalue weighted by atomic mass is 10.0. The third kappa shape index (κ3) is 6.15. The Labute approximate surface area is 209 Å². The minimum atomic E-state index is -0.313. The normalized spacial score (nSPS) is 12.0. The van der Waals surface area contributed by atoms with Crippen molar-refractivity contribution in [3.63, 3.8) is 0 Å². The van der Waals surface area contributed by atoms with Crippen LogP contribution in [0.2, 0.25) is 0 Å². The Bertz CT molecular complexity index is 1270. The maximum absolute atomic E-state index is 13.5. The van der Waals surface area contributed by atoms with Gasteiger partial charge in [-0.15, -0.1) is 10.2 Å². The second-order valence-electron chi connectivity index (χ2n) is 8.45. The summed E-state index contributed by atoms with van der Waals surface area (Å²) in [4.78, 5) is 14.9. The highest BCUT2D eigenvalue weighted by Crippen LogP contribution is 2.27. The monoisotopic (exact) mass is 489 g/mol. The quantitative estimate of drug-likeness (QED) is 0.321. The van der Waals surface area contributed by atoms with Gasteiger partial charge in [-0.1, -0.05) is 60.3 Å². The van der Waals surface area contributed by atoms with Crippen LogP contribution in [0.1, 0.15) is 29.9 Å². The van der Waals surface area contributed by atoms with Gasteiger partial charge in [0.2, 0.25) is 5.91 Å². The summed E-state index contributed by atoms with van der Waals surface area (Å²) in [7, 11) is 3.92. The summed E-state index contributed by atoms with van der Waals surface area (Å²) in [6, 6.07) is 24.1. The summed E-state index contributed by atoms with van der Waals surface area (Å²) < 4.78 is 15.4. The third-order valence-electron chi connectivity index (χ3n) is 5.75. The number of hydrogen-bond acceptors (Lipinski definition) is 5. The van der Waals surface area contributed by atoms with Crippen LogP contribution in [-0.4, -0.2) is 45.4 Å². The third-order valence-corrected chi connectivity index (χ3v) is 6.68. The number of carbonyl (C=O) groups excluding carboxylic acids is 1. The second kappa shape index (κ2) is 11.3. The molecule has 0 aliphatic carbocycles. The number of nitrogens with one attached hydrogen (secondary N) is 1. The Balaban J connectivity index is 1.50. The van der Waals surface area contributed by atoms with Gasteiger partial charge < -0.3 is 5.32 Å². The average Bonchev–Trinajstić information content (AvgIpc) is 3.28. The van der Waals surface area contributed by atoms with Gasteiger partial charge in [0.1, 0.15) is 5.82 Å². The van der Waals surface area contributed by atoms with Crippen LogP contribution in [0.3, 0.4) is 0 Å². The van der Waals surface area contributed by atoms with Gasteiger partial charge in [0.15, 0.2) is 11.0 Å². The number of rotatable bonds is 9. The maximum Gasteiger partial charge on any atom is 0.234 e. The molecule has 0 saturated carbocycles. The predicted octanol–water partition coefficient (Wildman–Crippen LogP) is 5.35. The van der Waals surface area contributed by atoms with Crippen molar-refractivity contribution in [3.8, 4) is 5.69 Å².